The second kappa shape index (κ2) is 11.0. The van der Waals surface area contributed by atoms with Gasteiger partial charge in [0.05, 0.1) is 6.61 Å². The van der Waals surface area contributed by atoms with Crippen molar-refractivity contribution >= 4 is 0 Å². The number of para-hydroxylation sites is 1. The topological polar surface area (TPSA) is 18.5 Å². The summed E-state index contributed by atoms with van der Waals surface area (Å²) in [5, 5.41) is 0. The molecule has 0 N–H and O–H groups in total. The van der Waals surface area contributed by atoms with E-state index in [2.05, 4.69) is 48.5 Å². The van der Waals surface area contributed by atoms with Crippen LogP contribution in [0.2, 0.25) is 0 Å². The highest BCUT2D eigenvalue weighted by molar-refractivity contribution is 5.73. The fraction of sp³-hybridized carbons (Fsp3) is 0.500. The number of fused-ring (bicyclic) bond motifs is 3. The summed E-state index contributed by atoms with van der Waals surface area (Å²) in [6.07, 6.45) is 10.9. The number of benzene rings is 2. The van der Waals surface area contributed by atoms with Gasteiger partial charge in [0.15, 0.2) is 0 Å². The minimum Gasteiger partial charge on any atom is -0.493 e. The summed E-state index contributed by atoms with van der Waals surface area (Å²) in [4.78, 5) is 0. The summed E-state index contributed by atoms with van der Waals surface area (Å²) in [5.74, 6) is 1.02. The van der Waals surface area contributed by atoms with Crippen molar-refractivity contribution in [2.75, 3.05) is 19.8 Å². The van der Waals surface area contributed by atoms with Gasteiger partial charge in [0.2, 0.25) is 0 Å². The number of hydrogen-bond acceptors (Lipinski definition) is 2. The average molecular weight is 353 g/mol. The lowest BCUT2D eigenvalue weighted by molar-refractivity contribution is 0.126. The Labute approximate surface area is 158 Å². The second-order valence-electron chi connectivity index (χ2n) is 7.19. The van der Waals surface area contributed by atoms with Gasteiger partial charge in [-0.3, -0.25) is 0 Å². The molecule has 2 aromatic rings. The van der Waals surface area contributed by atoms with E-state index in [1.807, 2.05) is 0 Å². The lowest BCUT2D eigenvalue weighted by Gasteiger charge is -2.15. The monoisotopic (exact) mass is 352 g/mol. The molecule has 140 valence electrons. The van der Waals surface area contributed by atoms with E-state index in [9.17, 15) is 0 Å². The van der Waals surface area contributed by atoms with Crippen molar-refractivity contribution in [2.45, 2.75) is 57.8 Å². The number of rotatable bonds is 0. The Morgan fingerprint density at radius 1 is 0.538 bits per heavy atom. The zero-order valence-electron chi connectivity index (χ0n) is 15.9. The molecule has 1 heterocycles. The van der Waals surface area contributed by atoms with Gasteiger partial charge >= 0.3 is 0 Å². The van der Waals surface area contributed by atoms with Crippen LogP contribution in [-0.4, -0.2) is 19.8 Å². The van der Waals surface area contributed by atoms with Crippen LogP contribution >= 0.6 is 0 Å². The Kier molecular flexibility index (Phi) is 8.05. The number of ether oxygens (including phenoxy) is 2. The zero-order valence-corrected chi connectivity index (χ0v) is 15.9. The van der Waals surface area contributed by atoms with E-state index in [-0.39, 0.29) is 0 Å². The van der Waals surface area contributed by atoms with E-state index in [0.717, 1.165) is 44.8 Å². The molecule has 0 amide bonds. The summed E-state index contributed by atoms with van der Waals surface area (Å²) >= 11 is 0. The fourth-order valence-corrected chi connectivity index (χ4v) is 3.63. The van der Waals surface area contributed by atoms with Gasteiger partial charge in [0.1, 0.15) is 5.75 Å². The molecule has 0 bridgehead atoms. The van der Waals surface area contributed by atoms with Gasteiger partial charge in [-0.05, 0) is 49.3 Å². The Hall–Kier alpha value is -1.80. The summed E-state index contributed by atoms with van der Waals surface area (Å²) in [6.45, 7) is 2.62. The maximum Gasteiger partial charge on any atom is 0.127 e. The molecule has 0 saturated carbocycles. The third-order valence-corrected chi connectivity index (χ3v) is 5.12. The first kappa shape index (κ1) is 19.0. The highest BCUT2D eigenvalue weighted by atomic mass is 16.5. The van der Waals surface area contributed by atoms with E-state index in [1.54, 1.807) is 0 Å². The summed E-state index contributed by atoms with van der Waals surface area (Å²) in [6, 6.07) is 17.2. The van der Waals surface area contributed by atoms with Crippen LogP contribution in [0.5, 0.6) is 5.75 Å². The Bertz CT molecular complexity index is 593. The molecule has 0 atom stereocenters. The molecule has 1 aliphatic rings. The van der Waals surface area contributed by atoms with Crippen molar-refractivity contribution in [1.82, 2.24) is 0 Å². The molecule has 3 rings (SSSR count). The molecule has 0 aromatic heterocycles. The standard InChI is InChI=1S/C24H32O2/c1-2-4-11-20-26-24-17-8-7-16-23(24)22-15-6-5-13-21(22)14-9-12-19-25-18-10-3-1/h5-8,13,15-17H,1-4,9-12,14,18-20H2. The Morgan fingerprint density at radius 3 is 2.00 bits per heavy atom. The van der Waals surface area contributed by atoms with Crippen molar-refractivity contribution < 1.29 is 9.47 Å². The van der Waals surface area contributed by atoms with Crippen molar-refractivity contribution in [2.24, 2.45) is 0 Å². The molecule has 2 heteroatoms. The highest BCUT2D eigenvalue weighted by Crippen LogP contribution is 2.33. The first-order valence-corrected chi connectivity index (χ1v) is 10.3. The molecular formula is C24H32O2. The van der Waals surface area contributed by atoms with Crippen molar-refractivity contribution in [3.8, 4) is 16.9 Å². The zero-order chi connectivity index (χ0) is 17.9. The smallest absolute Gasteiger partial charge is 0.127 e. The predicted molar refractivity (Wildman–Crippen MR) is 109 cm³/mol. The van der Waals surface area contributed by atoms with Crippen LogP contribution in [-0.2, 0) is 11.2 Å². The highest BCUT2D eigenvalue weighted by Gasteiger charge is 2.10. The normalized spacial score (nSPS) is 17.8. The van der Waals surface area contributed by atoms with E-state index < -0.39 is 0 Å². The van der Waals surface area contributed by atoms with Crippen LogP contribution in [0.15, 0.2) is 48.5 Å². The van der Waals surface area contributed by atoms with Gasteiger partial charge < -0.3 is 9.47 Å². The predicted octanol–water partition coefficient (Wildman–Crippen LogP) is 6.43. The molecule has 0 unspecified atom stereocenters. The first-order chi connectivity index (χ1) is 12.9. The SMILES string of the molecule is c1ccc2c(c1)CCCCOCCCCCCCCOc1ccccc1-2. The fourth-order valence-electron chi connectivity index (χ4n) is 3.63. The molecule has 0 fully saturated rings. The van der Waals surface area contributed by atoms with Crippen LogP contribution in [0, 0.1) is 0 Å². The summed E-state index contributed by atoms with van der Waals surface area (Å²) in [5.41, 5.74) is 3.94. The maximum absolute atomic E-state index is 6.17. The molecule has 1 aliphatic heterocycles. The van der Waals surface area contributed by atoms with Gasteiger partial charge in [-0.25, -0.2) is 0 Å². The largest absolute Gasteiger partial charge is 0.493 e. The molecule has 2 nitrogen and oxygen atoms in total. The Balaban J connectivity index is 1.74. The molecule has 0 spiro atoms. The third kappa shape index (κ3) is 5.88. The lowest BCUT2D eigenvalue weighted by Crippen LogP contribution is -2.01. The van der Waals surface area contributed by atoms with E-state index in [1.165, 1.54) is 55.2 Å². The van der Waals surface area contributed by atoms with E-state index in [4.69, 9.17) is 9.47 Å². The maximum atomic E-state index is 6.17. The quantitative estimate of drug-likeness (QED) is 0.544. The third-order valence-electron chi connectivity index (χ3n) is 5.12. The first-order valence-electron chi connectivity index (χ1n) is 10.3. The molecule has 26 heavy (non-hydrogen) atoms. The van der Waals surface area contributed by atoms with Gasteiger partial charge in [0, 0.05) is 18.8 Å². The Morgan fingerprint density at radius 2 is 1.15 bits per heavy atom. The second-order valence-corrected chi connectivity index (χ2v) is 7.19. The number of aryl methyl sites for hydroxylation is 1. The average Bonchev–Trinajstić information content (AvgIpc) is 2.68. The van der Waals surface area contributed by atoms with Crippen molar-refractivity contribution in [3.63, 3.8) is 0 Å². The minimum absolute atomic E-state index is 0.808. The molecule has 2 aromatic carbocycles. The van der Waals surface area contributed by atoms with Gasteiger partial charge in [-0.1, -0.05) is 68.1 Å². The molecule has 0 saturated heterocycles. The van der Waals surface area contributed by atoms with Crippen LogP contribution in [0.1, 0.15) is 56.9 Å². The van der Waals surface area contributed by atoms with Crippen LogP contribution < -0.4 is 4.74 Å². The van der Waals surface area contributed by atoms with Crippen molar-refractivity contribution in [1.29, 1.82) is 0 Å². The molecule has 0 aliphatic carbocycles. The molecular weight excluding hydrogens is 320 g/mol. The van der Waals surface area contributed by atoms with Crippen LogP contribution in [0.4, 0.5) is 0 Å². The van der Waals surface area contributed by atoms with Crippen LogP contribution in [0.3, 0.4) is 0 Å². The molecule has 0 radical (unpaired) electrons. The van der Waals surface area contributed by atoms with Gasteiger partial charge in [-0.15, -0.1) is 0 Å². The summed E-state index contributed by atoms with van der Waals surface area (Å²) < 4.78 is 12.0. The number of hydrogen-bond donors (Lipinski definition) is 0. The lowest BCUT2D eigenvalue weighted by atomic mass is 9.95. The minimum atomic E-state index is 0.808. The van der Waals surface area contributed by atoms with Gasteiger partial charge in [0.25, 0.3) is 0 Å². The summed E-state index contributed by atoms with van der Waals surface area (Å²) in [7, 11) is 0. The van der Waals surface area contributed by atoms with Gasteiger partial charge in [-0.2, -0.15) is 0 Å². The van der Waals surface area contributed by atoms with E-state index >= 15 is 0 Å². The van der Waals surface area contributed by atoms with E-state index in [0.29, 0.717) is 0 Å². The van der Waals surface area contributed by atoms with Crippen molar-refractivity contribution in [3.05, 3.63) is 54.1 Å². The van der Waals surface area contributed by atoms with Crippen LogP contribution in [0.25, 0.3) is 11.1 Å².